The first kappa shape index (κ1) is 11.0. The Morgan fingerprint density at radius 1 is 1.19 bits per heavy atom. The average molecular weight is 220 g/mol. The van der Waals surface area contributed by atoms with Gasteiger partial charge >= 0.3 is 0 Å². The smallest absolute Gasteiger partial charge is 0.230 e. The fourth-order valence-corrected chi connectivity index (χ4v) is 2.05. The van der Waals surface area contributed by atoms with Gasteiger partial charge in [0.2, 0.25) is 11.5 Å². The minimum absolute atomic E-state index is 0.0273. The van der Waals surface area contributed by atoms with Gasteiger partial charge < -0.3 is 0 Å². The zero-order valence-electron chi connectivity index (χ0n) is 8.91. The van der Waals surface area contributed by atoms with Gasteiger partial charge in [0.25, 0.3) is 0 Å². The summed E-state index contributed by atoms with van der Waals surface area (Å²) in [5, 5.41) is 0. The van der Waals surface area contributed by atoms with Crippen molar-refractivity contribution in [3.63, 3.8) is 0 Å². The summed E-state index contributed by atoms with van der Waals surface area (Å²) in [7, 11) is 0. The molecule has 1 aliphatic carbocycles. The second-order valence-electron chi connectivity index (χ2n) is 4.13. The Balaban J connectivity index is 2.30. The third-order valence-corrected chi connectivity index (χ3v) is 3.01. The normalized spacial score (nSPS) is 25.4. The van der Waals surface area contributed by atoms with Crippen LogP contribution in [0.15, 0.2) is 30.3 Å². The lowest BCUT2D eigenvalue weighted by Gasteiger charge is -2.26. The average Bonchev–Trinajstić information content (AvgIpc) is 2.33. The molecule has 1 fully saturated rings. The van der Waals surface area contributed by atoms with Gasteiger partial charge in [-0.05, 0) is 19.3 Å². The Bertz CT molecular complexity index is 413. The summed E-state index contributed by atoms with van der Waals surface area (Å²) in [5.74, 6) is -1.24. The van der Waals surface area contributed by atoms with Gasteiger partial charge in [0, 0.05) is 12.0 Å². The van der Waals surface area contributed by atoms with Crippen LogP contribution in [0.4, 0.5) is 4.39 Å². The first-order valence-electron chi connectivity index (χ1n) is 5.47. The molecule has 0 unspecified atom stereocenters. The number of alkyl halides is 1. The Morgan fingerprint density at radius 3 is 2.50 bits per heavy atom. The van der Waals surface area contributed by atoms with Gasteiger partial charge in [-0.3, -0.25) is 9.59 Å². The summed E-state index contributed by atoms with van der Waals surface area (Å²) in [6.07, 6.45) is 1.49. The molecule has 0 aromatic heterocycles. The van der Waals surface area contributed by atoms with Gasteiger partial charge in [0.15, 0.2) is 5.78 Å². The number of hydrogen-bond acceptors (Lipinski definition) is 2. The lowest BCUT2D eigenvalue weighted by atomic mass is 9.80. The lowest BCUT2D eigenvalue weighted by Crippen LogP contribution is -2.44. The van der Waals surface area contributed by atoms with E-state index in [0.29, 0.717) is 12.8 Å². The predicted octanol–water partition coefficient (Wildman–Crippen LogP) is 2.72. The van der Waals surface area contributed by atoms with Crippen LogP contribution in [0.1, 0.15) is 36.0 Å². The van der Waals surface area contributed by atoms with Crippen molar-refractivity contribution in [2.45, 2.75) is 31.4 Å². The van der Waals surface area contributed by atoms with E-state index in [1.807, 2.05) is 0 Å². The van der Waals surface area contributed by atoms with Gasteiger partial charge in [0.05, 0.1) is 0 Å². The van der Waals surface area contributed by atoms with Crippen molar-refractivity contribution < 1.29 is 14.0 Å². The fourth-order valence-electron chi connectivity index (χ4n) is 2.05. The third-order valence-electron chi connectivity index (χ3n) is 3.01. The molecule has 1 atom stereocenters. The molecule has 2 nitrogen and oxygen atoms in total. The Labute approximate surface area is 93.5 Å². The zero-order chi connectivity index (χ0) is 11.6. The highest BCUT2D eigenvalue weighted by Crippen LogP contribution is 2.32. The molecule has 1 aliphatic rings. The monoisotopic (exact) mass is 220 g/mol. The van der Waals surface area contributed by atoms with Crippen molar-refractivity contribution in [3.8, 4) is 0 Å². The van der Waals surface area contributed by atoms with E-state index >= 15 is 0 Å². The highest BCUT2D eigenvalue weighted by molar-refractivity contribution is 6.17. The van der Waals surface area contributed by atoms with Gasteiger partial charge in [-0.2, -0.15) is 0 Å². The molecule has 1 saturated carbocycles. The van der Waals surface area contributed by atoms with E-state index in [-0.39, 0.29) is 18.4 Å². The molecule has 0 radical (unpaired) electrons. The van der Waals surface area contributed by atoms with Crippen LogP contribution < -0.4 is 0 Å². The summed E-state index contributed by atoms with van der Waals surface area (Å²) in [5.41, 5.74) is -2.00. The predicted molar refractivity (Wildman–Crippen MR) is 58.1 cm³/mol. The fraction of sp³-hybridized carbons (Fsp3) is 0.385. The van der Waals surface area contributed by atoms with E-state index in [2.05, 4.69) is 0 Å². The van der Waals surface area contributed by atoms with Crippen molar-refractivity contribution in [1.82, 2.24) is 0 Å². The molecule has 84 valence electrons. The van der Waals surface area contributed by atoms with Crippen molar-refractivity contribution >= 4 is 11.6 Å². The van der Waals surface area contributed by atoms with Gasteiger partial charge in [0.1, 0.15) is 0 Å². The Morgan fingerprint density at radius 2 is 1.88 bits per heavy atom. The number of rotatable bonds is 2. The molecule has 2 rings (SSSR count). The van der Waals surface area contributed by atoms with Crippen molar-refractivity contribution in [1.29, 1.82) is 0 Å². The second kappa shape index (κ2) is 4.16. The quantitative estimate of drug-likeness (QED) is 0.567. The molecule has 0 bridgehead atoms. The van der Waals surface area contributed by atoms with Crippen molar-refractivity contribution in [2.24, 2.45) is 0 Å². The topological polar surface area (TPSA) is 34.1 Å². The molecule has 0 heterocycles. The van der Waals surface area contributed by atoms with E-state index in [0.717, 1.165) is 0 Å². The molecule has 0 saturated heterocycles. The number of hydrogen-bond donors (Lipinski definition) is 0. The summed E-state index contributed by atoms with van der Waals surface area (Å²) in [6.45, 7) is 0. The minimum atomic E-state index is -2.28. The van der Waals surface area contributed by atoms with Crippen LogP contribution in [0.25, 0.3) is 0 Å². The minimum Gasteiger partial charge on any atom is -0.296 e. The molecule has 1 aromatic carbocycles. The first-order chi connectivity index (χ1) is 7.64. The number of halogens is 1. The van der Waals surface area contributed by atoms with Crippen LogP contribution in [0, 0.1) is 0 Å². The van der Waals surface area contributed by atoms with E-state index in [4.69, 9.17) is 0 Å². The molecule has 0 amide bonds. The maximum Gasteiger partial charge on any atom is 0.230 e. The molecule has 16 heavy (non-hydrogen) atoms. The van der Waals surface area contributed by atoms with Crippen molar-refractivity contribution in [3.05, 3.63) is 35.9 Å². The summed E-state index contributed by atoms with van der Waals surface area (Å²) in [6, 6.07) is 8.19. The maximum absolute atomic E-state index is 14.3. The SMILES string of the molecule is O=C1CCCC[C@@]1(F)C(=O)c1ccccc1. The summed E-state index contributed by atoms with van der Waals surface area (Å²) in [4.78, 5) is 23.5. The second-order valence-corrected chi connectivity index (χ2v) is 4.13. The van der Waals surface area contributed by atoms with Crippen molar-refractivity contribution in [2.75, 3.05) is 0 Å². The van der Waals surface area contributed by atoms with Gasteiger partial charge in [-0.15, -0.1) is 0 Å². The van der Waals surface area contributed by atoms with Crippen LogP contribution in [0.5, 0.6) is 0 Å². The zero-order valence-corrected chi connectivity index (χ0v) is 8.91. The standard InChI is InChI=1S/C13H13FO2/c14-13(9-5-4-8-11(13)15)12(16)10-6-2-1-3-7-10/h1-3,6-7H,4-5,8-9H2/t13-/m0/s1. The molecule has 3 heteroatoms. The van der Waals surface area contributed by atoms with E-state index in [1.54, 1.807) is 30.3 Å². The number of carbonyl (C=O) groups is 2. The van der Waals surface area contributed by atoms with E-state index < -0.39 is 17.2 Å². The van der Waals surface area contributed by atoms with Gasteiger partial charge in [-0.1, -0.05) is 30.3 Å². The van der Waals surface area contributed by atoms with Crippen LogP contribution in [0.2, 0.25) is 0 Å². The van der Waals surface area contributed by atoms with Gasteiger partial charge in [-0.25, -0.2) is 4.39 Å². The number of Topliss-reactive ketones (excluding diaryl/α,β-unsaturated/α-hetero) is 2. The number of benzene rings is 1. The lowest BCUT2D eigenvalue weighted by molar-refractivity contribution is -0.130. The summed E-state index contributed by atoms with van der Waals surface area (Å²) < 4.78 is 14.3. The van der Waals surface area contributed by atoms with Crippen LogP contribution in [-0.2, 0) is 4.79 Å². The van der Waals surface area contributed by atoms with E-state index in [1.165, 1.54) is 0 Å². The molecule has 0 spiro atoms. The highest BCUT2D eigenvalue weighted by Gasteiger charge is 2.47. The van der Waals surface area contributed by atoms with E-state index in [9.17, 15) is 14.0 Å². The molecule has 1 aromatic rings. The molecule has 0 aliphatic heterocycles. The number of ketones is 2. The van der Waals surface area contributed by atoms with Crippen LogP contribution in [0.3, 0.4) is 0 Å². The largest absolute Gasteiger partial charge is 0.296 e. The maximum atomic E-state index is 14.3. The summed E-state index contributed by atoms with van der Waals surface area (Å²) >= 11 is 0. The Hall–Kier alpha value is -1.51. The first-order valence-corrected chi connectivity index (χ1v) is 5.47. The Kier molecular flexibility index (Phi) is 2.86. The van der Waals surface area contributed by atoms with Crippen LogP contribution in [-0.4, -0.2) is 17.2 Å². The molecule has 0 N–H and O–H groups in total. The molecular formula is C13H13FO2. The third kappa shape index (κ3) is 1.77. The molecular weight excluding hydrogens is 207 g/mol. The van der Waals surface area contributed by atoms with Crippen LogP contribution >= 0.6 is 0 Å². The highest BCUT2D eigenvalue weighted by atomic mass is 19.1. The number of carbonyl (C=O) groups excluding carboxylic acids is 2.